The van der Waals surface area contributed by atoms with E-state index in [2.05, 4.69) is 26.0 Å². The first-order chi connectivity index (χ1) is 7.69. The molecule has 0 radical (unpaired) electrons. The van der Waals surface area contributed by atoms with Crippen LogP contribution in [0.5, 0.6) is 0 Å². The van der Waals surface area contributed by atoms with Crippen LogP contribution in [0.2, 0.25) is 0 Å². The van der Waals surface area contributed by atoms with E-state index in [1.54, 1.807) is 0 Å². The molecule has 0 N–H and O–H groups in total. The van der Waals surface area contributed by atoms with Crippen molar-refractivity contribution in [1.82, 2.24) is 0 Å². The maximum atomic E-state index is 11.5. The number of carbonyl (C=O) groups is 1. The Morgan fingerprint density at radius 2 is 1.81 bits per heavy atom. The molecule has 0 spiro atoms. The highest BCUT2D eigenvalue weighted by Gasteiger charge is 2.06. The highest BCUT2D eigenvalue weighted by atomic mass is 16.1. The standard InChI is InChI=1S/C15H22O/c1-4-6-7-12(3)13-8-10-14(11-9-13)15(16)5-2/h8-12H,4-7H2,1-3H3. The van der Waals surface area contributed by atoms with E-state index in [0.717, 1.165) is 5.56 Å². The molecule has 0 amide bonds. The second kappa shape index (κ2) is 6.47. The summed E-state index contributed by atoms with van der Waals surface area (Å²) in [5.41, 5.74) is 2.19. The van der Waals surface area contributed by atoms with Gasteiger partial charge in [0, 0.05) is 12.0 Å². The number of ketones is 1. The second-order valence-corrected chi connectivity index (χ2v) is 4.44. The predicted octanol–water partition coefficient (Wildman–Crippen LogP) is 4.57. The summed E-state index contributed by atoms with van der Waals surface area (Å²) in [6, 6.07) is 8.12. The van der Waals surface area contributed by atoms with Crippen molar-refractivity contribution < 1.29 is 4.79 Å². The van der Waals surface area contributed by atoms with E-state index < -0.39 is 0 Å². The van der Waals surface area contributed by atoms with E-state index in [1.807, 2.05) is 19.1 Å². The Morgan fingerprint density at radius 3 is 2.31 bits per heavy atom. The zero-order chi connectivity index (χ0) is 12.0. The van der Waals surface area contributed by atoms with Crippen molar-refractivity contribution in [3.63, 3.8) is 0 Å². The molecule has 1 aromatic carbocycles. The fraction of sp³-hybridized carbons (Fsp3) is 0.533. The molecule has 88 valence electrons. The SMILES string of the molecule is CCCCC(C)c1ccc(C(=O)CC)cc1. The van der Waals surface area contributed by atoms with Crippen LogP contribution < -0.4 is 0 Å². The van der Waals surface area contributed by atoms with Crippen molar-refractivity contribution in [2.24, 2.45) is 0 Å². The first-order valence-electron chi connectivity index (χ1n) is 6.32. The van der Waals surface area contributed by atoms with Crippen molar-refractivity contribution in [3.05, 3.63) is 35.4 Å². The van der Waals surface area contributed by atoms with E-state index in [-0.39, 0.29) is 5.78 Å². The molecule has 1 rings (SSSR count). The van der Waals surface area contributed by atoms with Crippen LogP contribution in [-0.2, 0) is 0 Å². The number of hydrogen-bond donors (Lipinski definition) is 0. The quantitative estimate of drug-likeness (QED) is 0.639. The minimum atomic E-state index is 0.229. The average Bonchev–Trinajstić information content (AvgIpc) is 2.35. The lowest BCUT2D eigenvalue weighted by Crippen LogP contribution is -1.98. The van der Waals surface area contributed by atoms with Gasteiger partial charge < -0.3 is 0 Å². The molecule has 0 heterocycles. The molecule has 16 heavy (non-hydrogen) atoms. The number of benzene rings is 1. The lowest BCUT2D eigenvalue weighted by Gasteiger charge is -2.11. The molecule has 0 aromatic heterocycles. The molecule has 1 heteroatoms. The summed E-state index contributed by atoms with van der Waals surface area (Å²) in [5, 5.41) is 0. The van der Waals surface area contributed by atoms with Gasteiger partial charge in [-0.05, 0) is 17.9 Å². The van der Waals surface area contributed by atoms with Gasteiger partial charge in [0.15, 0.2) is 5.78 Å². The summed E-state index contributed by atoms with van der Waals surface area (Å²) < 4.78 is 0. The van der Waals surface area contributed by atoms with Gasteiger partial charge in [-0.1, -0.05) is 57.9 Å². The van der Waals surface area contributed by atoms with Crippen LogP contribution in [-0.4, -0.2) is 5.78 Å². The molecular formula is C15H22O. The van der Waals surface area contributed by atoms with Crippen molar-refractivity contribution in [3.8, 4) is 0 Å². The summed E-state index contributed by atoms with van der Waals surface area (Å²) in [6.45, 7) is 6.38. The van der Waals surface area contributed by atoms with Gasteiger partial charge in [0.1, 0.15) is 0 Å². The summed E-state index contributed by atoms with van der Waals surface area (Å²) in [4.78, 5) is 11.5. The van der Waals surface area contributed by atoms with Gasteiger partial charge in [-0.2, -0.15) is 0 Å². The van der Waals surface area contributed by atoms with E-state index in [9.17, 15) is 4.79 Å². The summed E-state index contributed by atoms with van der Waals surface area (Å²) in [5.74, 6) is 0.832. The van der Waals surface area contributed by atoms with Crippen LogP contribution in [0.15, 0.2) is 24.3 Å². The first kappa shape index (κ1) is 13.0. The van der Waals surface area contributed by atoms with E-state index >= 15 is 0 Å². The Bertz CT molecular complexity index is 324. The Hall–Kier alpha value is -1.11. The van der Waals surface area contributed by atoms with E-state index in [4.69, 9.17) is 0 Å². The topological polar surface area (TPSA) is 17.1 Å². The number of Topliss-reactive ketones (excluding diaryl/α,β-unsaturated/α-hetero) is 1. The zero-order valence-electron chi connectivity index (χ0n) is 10.6. The van der Waals surface area contributed by atoms with Crippen LogP contribution in [0.1, 0.15) is 68.3 Å². The largest absolute Gasteiger partial charge is 0.294 e. The molecule has 0 saturated heterocycles. The van der Waals surface area contributed by atoms with Gasteiger partial charge in [-0.3, -0.25) is 4.79 Å². The van der Waals surface area contributed by atoms with Gasteiger partial charge in [0.2, 0.25) is 0 Å². The fourth-order valence-electron chi connectivity index (χ4n) is 1.88. The summed E-state index contributed by atoms with van der Waals surface area (Å²) >= 11 is 0. The van der Waals surface area contributed by atoms with Crippen molar-refractivity contribution in [1.29, 1.82) is 0 Å². The van der Waals surface area contributed by atoms with Crippen LogP contribution in [0, 0.1) is 0 Å². The highest BCUT2D eigenvalue weighted by molar-refractivity contribution is 5.95. The van der Waals surface area contributed by atoms with E-state index in [0.29, 0.717) is 12.3 Å². The fourth-order valence-corrected chi connectivity index (χ4v) is 1.88. The molecular weight excluding hydrogens is 196 g/mol. The van der Waals surface area contributed by atoms with Gasteiger partial charge in [0.25, 0.3) is 0 Å². The molecule has 1 atom stereocenters. The monoisotopic (exact) mass is 218 g/mol. The smallest absolute Gasteiger partial charge is 0.162 e. The Labute approximate surface area is 98.9 Å². The van der Waals surface area contributed by atoms with Crippen LogP contribution in [0.3, 0.4) is 0 Å². The molecule has 1 nitrogen and oxygen atoms in total. The number of rotatable bonds is 6. The molecule has 0 aliphatic rings. The molecule has 0 fully saturated rings. The lowest BCUT2D eigenvalue weighted by molar-refractivity contribution is 0.0988. The molecule has 0 aliphatic heterocycles. The van der Waals surface area contributed by atoms with Crippen molar-refractivity contribution in [2.75, 3.05) is 0 Å². The first-order valence-corrected chi connectivity index (χ1v) is 6.32. The van der Waals surface area contributed by atoms with Crippen LogP contribution >= 0.6 is 0 Å². The molecule has 0 saturated carbocycles. The van der Waals surface area contributed by atoms with Gasteiger partial charge >= 0.3 is 0 Å². The minimum Gasteiger partial charge on any atom is -0.294 e. The van der Waals surface area contributed by atoms with Crippen molar-refractivity contribution >= 4 is 5.78 Å². The predicted molar refractivity (Wildman–Crippen MR) is 69.0 cm³/mol. The number of carbonyl (C=O) groups excluding carboxylic acids is 1. The number of hydrogen-bond acceptors (Lipinski definition) is 1. The normalized spacial score (nSPS) is 12.4. The van der Waals surface area contributed by atoms with Gasteiger partial charge in [-0.25, -0.2) is 0 Å². The summed E-state index contributed by atoms with van der Waals surface area (Å²) in [6.07, 6.45) is 4.34. The lowest BCUT2D eigenvalue weighted by atomic mass is 9.94. The average molecular weight is 218 g/mol. The third kappa shape index (κ3) is 3.48. The maximum absolute atomic E-state index is 11.5. The van der Waals surface area contributed by atoms with E-state index in [1.165, 1.54) is 24.8 Å². The van der Waals surface area contributed by atoms with Crippen LogP contribution in [0.4, 0.5) is 0 Å². The maximum Gasteiger partial charge on any atom is 0.162 e. The van der Waals surface area contributed by atoms with Crippen LogP contribution in [0.25, 0.3) is 0 Å². The molecule has 1 unspecified atom stereocenters. The number of unbranched alkanes of at least 4 members (excludes halogenated alkanes) is 1. The Balaban J connectivity index is 2.67. The molecule has 0 aliphatic carbocycles. The second-order valence-electron chi connectivity index (χ2n) is 4.44. The third-order valence-electron chi connectivity index (χ3n) is 3.11. The third-order valence-corrected chi connectivity index (χ3v) is 3.11. The van der Waals surface area contributed by atoms with Gasteiger partial charge in [-0.15, -0.1) is 0 Å². The summed E-state index contributed by atoms with van der Waals surface area (Å²) in [7, 11) is 0. The Morgan fingerprint density at radius 1 is 1.19 bits per heavy atom. The minimum absolute atomic E-state index is 0.229. The zero-order valence-corrected chi connectivity index (χ0v) is 10.6. The van der Waals surface area contributed by atoms with Crippen molar-refractivity contribution in [2.45, 2.75) is 52.4 Å². The molecule has 1 aromatic rings. The Kier molecular flexibility index (Phi) is 5.24. The highest BCUT2D eigenvalue weighted by Crippen LogP contribution is 2.21. The molecule has 0 bridgehead atoms. The van der Waals surface area contributed by atoms with Gasteiger partial charge in [0.05, 0.1) is 0 Å².